The standard InChI is InChI=1S/C21H24F3N7.2ClH/c1-2-8-26-14-7-10-31(12-14)19-18-17(4-3-9-27-18)29-20(30-19)28-13-5-6-16(25)15(11-13)21(22,23)24;;/h3-6,9,11,14,26H,2,7-8,10,12,25H2,1H3,(H,28,29,30);2*1H/t14-;;/m0../s1. The molecule has 4 N–H and O–H groups in total. The molecule has 1 aliphatic rings. The third kappa shape index (κ3) is 6.07. The molecule has 1 atom stereocenters. The van der Waals surface area contributed by atoms with Crippen molar-refractivity contribution >= 4 is 59.0 Å². The molecule has 2 aromatic heterocycles. The van der Waals surface area contributed by atoms with Crippen LogP contribution in [-0.4, -0.2) is 40.6 Å². The topological polar surface area (TPSA) is 92.0 Å². The zero-order valence-corrected chi connectivity index (χ0v) is 19.5. The summed E-state index contributed by atoms with van der Waals surface area (Å²) in [6.07, 6.45) is -0.823. The van der Waals surface area contributed by atoms with Crippen LogP contribution in [0.3, 0.4) is 0 Å². The third-order valence-corrected chi connectivity index (χ3v) is 5.22. The van der Waals surface area contributed by atoms with Gasteiger partial charge < -0.3 is 21.3 Å². The Bertz CT molecular complexity index is 1080. The number of nitrogens with one attached hydrogen (secondary N) is 2. The lowest BCUT2D eigenvalue weighted by atomic mass is 10.1. The van der Waals surface area contributed by atoms with Gasteiger partial charge in [-0.1, -0.05) is 6.92 Å². The van der Waals surface area contributed by atoms with E-state index in [1.807, 2.05) is 6.07 Å². The molecule has 7 nitrogen and oxygen atoms in total. The van der Waals surface area contributed by atoms with Gasteiger partial charge in [0.05, 0.1) is 11.1 Å². The van der Waals surface area contributed by atoms with Crippen LogP contribution in [0.1, 0.15) is 25.3 Å². The summed E-state index contributed by atoms with van der Waals surface area (Å²) in [5.74, 6) is 0.874. The van der Waals surface area contributed by atoms with E-state index >= 15 is 0 Å². The molecule has 33 heavy (non-hydrogen) atoms. The van der Waals surface area contributed by atoms with Gasteiger partial charge in [-0.3, -0.25) is 4.98 Å². The molecule has 180 valence electrons. The third-order valence-electron chi connectivity index (χ3n) is 5.22. The molecule has 0 spiro atoms. The second kappa shape index (κ2) is 11.0. The second-order valence-corrected chi connectivity index (χ2v) is 7.55. The maximum Gasteiger partial charge on any atom is 0.418 e. The quantitative estimate of drug-likeness (QED) is 0.416. The predicted octanol–water partition coefficient (Wildman–Crippen LogP) is 4.79. The number of halogens is 5. The highest BCUT2D eigenvalue weighted by molar-refractivity contribution is 5.87. The molecule has 0 aliphatic carbocycles. The van der Waals surface area contributed by atoms with Gasteiger partial charge in [-0.15, -0.1) is 24.8 Å². The Hall–Kier alpha value is -2.56. The maximum absolute atomic E-state index is 13.2. The fourth-order valence-electron chi connectivity index (χ4n) is 3.70. The number of pyridine rings is 1. The molecule has 1 aliphatic heterocycles. The molecule has 4 rings (SSSR count). The summed E-state index contributed by atoms with van der Waals surface area (Å²) >= 11 is 0. The molecule has 0 saturated carbocycles. The Morgan fingerprint density at radius 2 is 1.97 bits per heavy atom. The van der Waals surface area contributed by atoms with E-state index in [0.717, 1.165) is 38.5 Å². The van der Waals surface area contributed by atoms with Crippen LogP contribution in [0.25, 0.3) is 11.0 Å². The number of fused-ring (bicyclic) bond motifs is 1. The number of alkyl halides is 3. The average Bonchev–Trinajstić information content (AvgIpc) is 3.21. The first-order valence-corrected chi connectivity index (χ1v) is 10.2. The molecule has 0 amide bonds. The van der Waals surface area contributed by atoms with Gasteiger partial charge in [-0.25, -0.2) is 4.98 Å². The van der Waals surface area contributed by atoms with Crippen LogP contribution in [0, 0.1) is 0 Å². The highest BCUT2D eigenvalue weighted by atomic mass is 35.5. The van der Waals surface area contributed by atoms with Crippen LogP contribution in [0.15, 0.2) is 36.5 Å². The van der Waals surface area contributed by atoms with Crippen LogP contribution < -0.4 is 21.3 Å². The Kier molecular flexibility index (Phi) is 8.93. The van der Waals surface area contributed by atoms with Gasteiger partial charge in [-0.2, -0.15) is 18.2 Å². The molecule has 12 heteroatoms. The molecule has 3 aromatic rings. The van der Waals surface area contributed by atoms with E-state index in [1.165, 1.54) is 12.1 Å². The average molecular weight is 504 g/mol. The van der Waals surface area contributed by atoms with Crippen molar-refractivity contribution in [2.24, 2.45) is 0 Å². The van der Waals surface area contributed by atoms with Crippen molar-refractivity contribution in [3.63, 3.8) is 0 Å². The number of hydrogen-bond acceptors (Lipinski definition) is 7. The van der Waals surface area contributed by atoms with Crippen LogP contribution >= 0.6 is 24.8 Å². The minimum absolute atomic E-state index is 0. The largest absolute Gasteiger partial charge is 0.418 e. The van der Waals surface area contributed by atoms with Gasteiger partial charge in [0.1, 0.15) is 5.52 Å². The van der Waals surface area contributed by atoms with Gasteiger partial charge in [0.25, 0.3) is 0 Å². The van der Waals surface area contributed by atoms with Crippen molar-refractivity contribution in [1.82, 2.24) is 20.3 Å². The summed E-state index contributed by atoms with van der Waals surface area (Å²) in [4.78, 5) is 15.6. The number of aromatic nitrogens is 3. The Morgan fingerprint density at radius 3 is 2.70 bits per heavy atom. The van der Waals surface area contributed by atoms with Crippen molar-refractivity contribution < 1.29 is 13.2 Å². The lowest BCUT2D eigenvalue weighted by Gasteiger charge is -2.20. The summed E-state index contributed by atoms with van der Waals surface area (Å²) in [7, 11) is 0. The highest BCUT2D eigenvalue weighted by Crippen LogP contribution is 2.36. The molecule has 3 heterocycles. The fraction of sp³-hybridized carbons (Fsp3) is 0.381. The van der Waals surface area contributed by atoms with E-state index < -0.39 is 11.7 Å². The van der Waals surface area contributed by atoms with Crippen molar-refractivity contribution in [2.75, 3.05) is 35.6 Å². The maximum atomic E-state index is 13.2. The van der Waals surface area contributed by atoms with Crippen LogP contribution in [0.2, 0.25) is 0 Å². The lowest BCUT2D eigenvalue weighted by molar-refractivity contribution is -0.136. The fourth-order valence-corrected chi connectivity index (χ4v) is 3.70. The van der Waals surface area contributed by atoms with E-state index in [1.54, 1.807) is 12.3 Å². The van der Waals surface area contributed by atoms with Gasteiger partial charge in [0.15, 0.2) is 5.82 Å². The van der Waals surface area contributed by atoms with Crippen molar-refractivity contribution in [2.45, 2.75) is 32.0 Å². The number of benzene rings is 1. The van der Waals surface area contributed by atoms with Crippen molar-refractivity contribution in [3.05, 3.63) is 42.1 Å². The van der Waals surface area contributed by atoms with Gasteiger partial charge in [-0.05, 0) is 49.7 Å². The first-order valence-electron chi connectivity index (χ1n) is 10.2. The van der Waals surface area contributed by atoms with Crippen LogP contribution in [-0.2, 0) is 6.18 Å². The zero-order chi connectivity index (χ0) is 22.0. The molecule has 1 saturated heterocycles. The molecule has 0 bridgehead atoms. The Balaban J connectivity index is 0.00000193. The number of nitrogen functional groups attached to an aromatic ring is 1. The summed E-state index contributed by atoms with van der Waals surface area (Å²) in [6, 6.07) is 7.60. The number of anilines is 4. The van der Waals surface area contributed by atoms with Crippen molar-refractivity contribution in [1.29, 1.82) is 0 Å². The van der Waals surface area contributed by atoms with Gasteiger partial charge >= 0.3 is 6.18 Å². The monoisotopic (exact) mass is 503 g/mol. The molecular formula is C21H26Cl2F3N7. The number of nitrogens with two attached hydrogens (primary N) is 1. The normalized spacial score (nSPS) is 15.8. The van der Waals surface area contributed by atoms with E-state index in [4.69, 9.17) is 5.73 Å². The van der Waals surface area contributed by atoms with Crippen molar-refractivity contribution in [3.8, 4) is 0 Å². The smallest absolute Gasteiger partial charge is 0.398 e. The molecular weight excluding hydrogens is 478 g/mol. The zero-order valence-electron chi connectivity index (χ0n) is 17.9. The van der Waals surface area contributed by atoms with E-state index in [0.29, 0.717) is 22.9 Å². The van der Waals surface area contributed by atoms with Crippen LogP contribution in [0.5, 0.6) is 0 Å². The Morgan fingerprint density at radius 1 is 1.18 bits per heavy atom. The number of hydrogen-bond donors (Lipinski definition) is 3. The predicted molar refractivity (Wildman–Crippen MR) is 130 cm³/mol. The lowest BCUT2D eigenvalue weighted by Crippen LogP contribution is -2.33. The SMILES string of the molecule is CCCN[C@H]1CCN(c2nc(Nc3ccc(N)c(C(F)(F)F)c3)nc3cccnc23)C1.Cl.Cl. The minimum atomic E-state index is -4.54. The van der Waals surface area contributed by atoms with E-state index in [-0.39, 0.29) is 42.1 Å². The molecule has 0 unspecified atom stereocenters. The highest BCUT2D eigenvalue weighted by Gasteiger charge is 2.33. The molecule has 1 aromatic carbocycles. The summed E-state index contributed by atoms with van der Waals surface area (Å²) < 4.78 is 39.6. The van der Waals surface area contributed by atoms with Crippen LogP contribution in [0.4, 0.5) is 36.3 Å². The van der Waals surface area contributed by atoms with E-state index in [2.05, 4.69) is 37.4 Å². The summed E-state index contributed by atoms with van der Waals surface area (Å²) in [5.41, 5.74) is 5.76. The first kappa shape index (κ1) is 26.7. The Labute approximate surface area is 202 Å². The van der Waals surface area contributed by atoms with E-state index in [9.17, 15) is 13.2 Å². The number of rotatable bonds is 6. The second-order valence-electron chi connectivity index (χ2n) is 7.55. The minimum Gasteiger partial charge on any atom is -0.398 e. The first-order chi connectivity index (χ1) is 14.8. The molecule has 0 radical (unpaired) electrons. The van der Waals surface area contributed by atoms with Gasteiger partial charge in [0.2, 0.25) is 5.95 Å². The summed E-state index contributed by atoms with van der Waals surface area (Å²) in [5, 5.41) is 6.42. The summed E-state index contributed by atoms with van der Waals surface area (Å²) in [6.45, 7) is 4.67. The molecule has 1 fully saturated rings. The number of nitrogens with zero attached hydrogens (tertiary/aromatic N) is 4. The van der Waals surface area contributed by atoms with Gasteiger partial charge in [0, 0.05) is 36.7 Å².